The van der Waals surface area contributed by atoms with Gasteiger partial charge < -0.3 is 19.9 Å². The number of methoxy groups -OCH3 is 1. The van der Waals surface area contributed by atoms with Crippen LogP contribution in [0.4, 0.5) is 0 Å². The van der Waals surface area contributed by atoms with Crippen LogP contribution in [0.1, 0.15) is 48.2 Å². The van der Waals surface area contributed by atoms with Crippen LogP contribution in [0.3, 0.4) is 0 Å². The van der Waals surface area contributed by atoms with Crippen LogP contribution in [0.2, 0.25) is 0 Å². The van der Waals surface area contributed by atoms with Crippen molar-refractivity contribution in [3.05, 3.63) is 58.7 Å². The van der Waals surface area contributed by atoms with E-state index in [9.17, 15) is 0 Å². The molecule has 4 nitrogen and oxygen atoms in total. The Labute approximate surface area is 150 Å². The number of aliphatic hydroxyl groups is 1. The Morgan fingerprint density at radius 1 is 1.00 bits per heavy atom. The zero-order valence-electron chi connectivity index (χ0n) is 15.8. The molecule has 0 amide bonds. The molecule has 0 spiro atoms. The van der Waals surface area contributed by atoms with Gasteiger partial charge in [0.2, 0.25) is 0 Å². The minimum Gasteiger partial charge on any atom is -0.493 e. The zero-order valence-corrected chi connectivity index (χ0v) is 15.8. The van der Waals surface area contributed by atoms with Crippen molar-refractivity contribution in [2.45, 2.75) is 39.8 Å². The molecule has 0 fully saturated rings. The third kappa shape index (κ3) is 4.97. The van der Waals surface area contributed by atoms with E-state index in [1.807, 2.05) is 18.2 Å². The average Bonchev–Trinajstić information content (AvgIpc) is 2.59. The van der Waals surface area contributed by atoms with Gasteiger partial charge in [0.15, 0.2) is 11.5 Å². The van der Waals surface area contributed by atoms with Crippen molar-refractivity contribution < 1.29 is 14.6 Å². The highest BCUT2D eigenvalue weighted by Crippen LogP contribution is 2.31. The highest BCUT2D eigenvalue weighted by molar-refractivity contribution is 5.44. The summed E-state index contributed by atoms with van der Waals surface area (Å²) in [7, 11) is 1.63. The Morgan fingerprint density at radius 2 is 1.76 bits per heavy atom. The van der Waals surface area contributed by atoms with Gasteiger partial charge in [-0.3, -0.25) is 0 Å². The number of nitrogens with one attached hydrogen (secondary N) is 1. The smallest absolute Gasteiger partial charge is 0.161 e. The van der Waals surface area contributed by atoms with Crippen LogP contribution < -0.4 is 14.8 Å². The van der Waals surface area contributed by atoms with Gasteiger partial charge in [-0.15, -0.1) is 0 Å². The quantitative estimate of drug-likeness (QED) is 0.758. The van der Waals surface area contributed by atoms with Crippen molar-refractivity contribution in [3.8, 4) is 11.5 Å². The predicted octanol–water partition coefficient (Wildman–Crippen LogP) is 4.09. The Balaban J connectivity index is 2.12. The first-order chi connectivity index (χ1) is 12.0. The lowest BCUT2D eigenvalue weighted by Gasteiger charge is -2.23. The molecule has 2 aromatic rings. The minimum absolute atomic E-state index is 0.0176. The molecule has 0 bridgehead atoms. The first kappa shape index (κ1) is 19.3. The summed E-state index contributed by atoms with van der Waals surface area (Å²) in [6.07, 6.45) is 0. The molecule has 0 aliphatic carbocycles. The molecule has 0 saturated heterocycles. The number of aryl methyl sites for hydroxylation is 2. The van der Waals surface area contributed by atoms with Crippen LogP contribution in [-0.4, -0.2) is 25.4 Å². The third-order valence-corrected chi connectivity index (χ3v) is 4.43. The lowest BCUT2D eigenvalue weighted by molar-refractivity contribution is 0.196. The largest absolute Gasteiger partial charge is 0.493 e. The molecule has 2 aromatic carbocycles. The molecular formula is C21H29NO3. The maximum atomic E-state index is 8.91. The molecule has 4 heteroatoms. The van der Waals surface area contributed by atoms with Crippen molar-refractivity contribution in [1.29, 1.82) is 0 Å². The summed E-state index contributed by atoms with van der Waals surface area (Å²) in [5, 5.41) is 12.6. The zero-order chi connectivity index (χ0) is 18.4. The van der Waals surface area contributed by atoms with Crippen LogP contribution in [0.5, 0.6) is 11.5 Å². The maximum Gasteiger partial charge on any atom is 0.161 e. The summed E-state index contributed by atoms with van der Waals surface area (Å²) in [6, 6.07) is 12.9. The molecule has 2 rings (SSSR count). The molecule has 0 saturated carbocycles. The fraction of sp³-hybridized carbons (Fsp3) is 0.429. The van der Waals surface area contributed by atoms with E-state index in [-0.39, 0.29) is 25.3 Å². The number of ether oxygens (including phenoxy) is 2. The first-order valence-electron chi connectivity index (χ1n) is 8.71. The lowest BCUT2D eigenvalue weighted by Crippen LogP contribution is -2.23. The fourth-order valence-corrected chi connectivity index (χ4v) is 3.10. The summed E-state index contributed by atoms with van der Waals surface area (Å²) in [6.45, 7) is 8.84. The van der Waals surface area contributed by atoms with E-state index in [1.165, 1.54) is 16.7 Å². The van der Waals surface area contributed by atoms with Crippen LogP contribution in [0.25, 0.3) is 0 Å². The molecule has 0 radical (unpaired) electrons. The number of rotatable bonds is 8. The Kier molecular flexibility index (Phi) is 6.85. The van der Waals surface area contributed by atoms with Crippen molar-refractivity contribution >= 4 is 0 Å². The first-order valence-corrected chi connectivity index (χ1v) is 8.71. The van der Waals surface area contributed by atoms with E-state index in [4.69, 9.17) is 14.6 Å². The number of benzene rings is 2. The minimum atomic E-state index is -0.0176. The second-order valence-corrected chi connectivity index (χ2v) is 6.45. The van der Waals surface area contributed by atoms with E-state index >= 15 is 0 Å². The maximum absolute atomic E-state index is 8.91. The topological polar surface area (TPSA) is 50.7 Å². The Hall–Kier alpha value is -2.04. The predicted molar refractivity (Wildman–Crippen MR) is 101 cm³/mol. The molecule has 0 heterocycles. The second-order valence-electron chi connectivity index (χ2n) is 6.45. The molecule has 2 unspecified atom stereocenters. The summed E-state index contributed by atoms with van der Waals surface area (Å²) >= 11 is 0. The van der Waals surface area contributed by atoms with Crippen LogP contribution >= 0.6 is 0 Å². The van der Waals surface area contributed by atoms with E-state index in [1.54, 1.807) is 7.11 Å². The second kappa shape index (κ2) is 8.88. The summed E-state index contributed by atoms with van der Waals surface area (Å²) < 4.78 is 10.9. The Morgan fingerprint density at radius 3 is 2.40 bits per heavy atom. The number of hydrogen-bond acceptors (Lipinski definition) is 4. The van der Waals surface area contributed by atoms with Crippen LogP contribution in [-0.2, 0) is 0 Å². The molecule has 136 valence electrons. The molecule has 0 aliphatic rings. The summed E-state index contributed by atoms with van der Waals surface area (Å²) in [5.74, 6) is 1.33. The van der Waals surface area contributed by atoms with Crippen LogP contribution in [0, 0.1) is 13.8 Å². The summed E-state index contributed by atoms with van der Waals surface area (Å²) in [4.78, 5) is 0. The highest BCUT2D eigenvalue weighted by atomic mass is 16.5. The summed E-state index contributed by atoms with van der Waals surface area (Å²) in [5.41, 5.74) is 5.03. The monoisotopic (exact) mass is 343 g/mol. The van der Waals surface area contributed by atoms with Crippen molar-refractivity contribution in [2.24, 2.45) is 0 Å². The van der Waals surface area contributed by atoms with Gasteiger partial charge >= 0.3 is 0 Å². The molecular weight excluding hydrogens is 314 g/mol. The molecule has 2 atom stereocenters. The average molecular weight is 343 g/mol. The van der Waals surface area contributed by atoms with Crippen LogP contribution in [0.15, 0.2) is 36.4 Å². The molecule has 0 aromatic heterocycles. The highest BCUT2D eigenvalue weighted by Gasteiger charge is 2.15. The third-order valence-electron chi connectivity index (χ3n) is 4.43. The van der Waals surface area contributed by atoms with Gasteiger partial charge in [-0.1, -0.05) is 29.8 Å². The standard InChI is InChI=1S/C21H29NO3/c1-14-6-8-19(15(2)12-14)17(4)22-16(3)18-7-9-20(25-11-10-23)21(13-18)24-5/h6-9,12-13,16-17,22-23H,10-11H2,1-5H3. The van der Waals surface area contributed by atoms with Gasteiger partial charge in [-0.05, 0) is 56.5 Å². The van der Waals surface area contributed by atoms with E-state index in [2.05, 4.69) is 51.2 Å². The van der Waals surface area contributed by atoms with Gasteiger partial charge in [-0.25, -0.2) is 0 Å². The lowest BCUT2D eigenvalue weighted by atomic mass is 9.98. The van der Waals surface area contributed by atoms with Crippen molar-refractivity contribution in [1.82, 2.24) is 5.32 Å². The number of hydrogen-bond donors (Lipinski definition) is 2. The number of aliphatic hydroxyl groups excluding tert-OH is 1. The van der Waals surface area contributed by atoms with Gasteiger partial charge in [0.1, 0.15) is 6.61 Å². The van der Waals surface area contributed by atoms with E-state index in [0.717, 1.165) is 5.56 Å². The SMILES string of the molecule is COc1cc(C(C)NC(C)c2ccc(C)cc2C)ccc1OCCO. The van der Waals surface area contributed by atoms with Crippen molar-refractivity contribution in [3.63, 3.8) is 0 Å². The molecule has 2 N–H and O–H groups in total. The van der Waals surface area contributed by atoms with Gasteiger partial charge in [0.05, 0.1) is 13.7 Å². The van der Waals surface area contributed by atoms with Gasteiger partial charge in [-0.2, -0.15) is 0 Å². The molecule has 0 aliphatic heterocycles. The molecule has 25 heavy (non-hydrogen) atoms. The normalized spacial score (nSPS) is 13.4. The fourth-order valence-electron chi connectivity index (χ4n) is 3.10. The van der Waals surface area contributed by atoms with Gasteiger partial charge in [0, 0.05) is 12.1 Å². The van der Waals surface area contributed by atoms with Crippen molar-refractivity contribution in [2.75, 3.05) is 20.3 Å². The Bertz CT molecular complexity index is 700. The van der Waals surface area contributed by atoms with E-state index < -0.39 is 0 Å². The van der Waals surface area contributed by atoms with E-state index in [0.29, 0.717) is 11.5 Å². The van der Waals surface area contributed by atoms with Gasteiger partial charge in [0.25, 0.3) is 0 Å².